The molecule has 0 aliphatic heterocycles. The summed E-state index contributed by atoms with van der Waals surface area (Å²) in [4.78, 5) is 11.6. The Morgan fingerprint density at radius 1 is 1.80 bits per heavy atom. The summed E-state index contributed by atoms with van der Waals surface area (Å²) in [6.45, 7) is 3.62. The van der Waals surface area contributed by atoms with Crippen LogP contribution in [0.2, 0.25) is 0 Å². The van der Waals surface area contributed by atoms with Crippen molar-refractivity contribution < 1.29 is 4.79 Å². The van der Waals surface area contributed by atoms with Crippen LogP contribution in [0, 0.1) is 24.2 Å². The maximum absolute atomic E-state index is 11.6. The van der Waals surface area contributed by atoms with Gasteiger partial charge in [-0.15, -0.1) is 0 Å². The van der Waals surface area contributed by atoms with Gasteiger partial charge in [0, 0.05) is 13.2 Å². The molecule has 0 aliphatic carbocycles. The number of rotatable bonds is 3. The second-order valence-corrected chi connectivity index (χ2v) is 3.38. The largest absolute Gasteiger partial charge is 0.322 e. The SMILES string of the molecule is CCC(C#N)C(=O)Nc1cn(C)nc1C. The number of nitriles is 1. The van der Waals surface area contributed by atoms with Crippen LogP contribution in [0.3, 0.4) is 0 Å². The van der Waals surface area contributed by atoms with E-state index in [9.17, 15) is 4.79 Å². The monoisotopic (exact) mass is 206 g/mol. The van der Waals surface area contributed by atoms with Crippen molar-refractivity contribution in [1.82, 2.24) is 9.78 Å². The van der Waals surface area contributed by atoms with Crippen LogP contribution in [0.5, 0.6) is 0 Å². The first-order valence-corrected chi connectivity index (χ1v) is 4.79. The molecule has 0 spiro atoms. The number of anilines is 1. The molecule has 1 aromatic rings. The van der Waals surface area contributed by atoms with Crippen molar-refractivity contribution in [2.24, 2.45) is 13.0 Å². The fraction of sp³-hybridized carbons (Fsp3) is 0.500. The molecule has 1 rings (SSSR count). The molecule has 1 N–H and O–H groups in total. The molecule has 0 fully saturated rings. The van der Waals surface area contributed by atoms with Gasteiger partial charge in [0.25, 0.3) is 0 Å². The van der Waals surface area contributed by atoms with Gasteiger partial charge in [-0.05, 0) is 13.3 Å². The third kappa shape index (κ3) is 2.56. The standard InChI is InChI=1S/C10H14N4O/c1-4-8(5-11)10(15)12-9-6-14(3)13-7(9)2/h6,8H,4H2,1-3H3,(H,12,15). The fourth-order valence-electron chi connectivity index (χ4n) is 1.28. The number of nitrogens with one attached hydrogen (secondary N) is 1. The normalized spacial score (nSPS) is 11.9. The second-order valence-electron chi connectivity index (χ2n) is 3.38. The molecule has 0 aromatic carbocycles. The molecule has 0 saturated carbocycles. The number of carbonyl (C=O) groups is 1. The molecular formula is C10H14N4O. The molecule has 0 radical (unpaired) electrons. The number of hydrogen-bond donors (Lipinski definition) is 1. The lowest BCUT2D eigenvalue weighted by atomic mass is 10.1. The molecule has 1 atom stereocenters. The quantitative estimate of drug-likeness (QED) is 0.808. The van der Waals surface area contributed by atoms with Crippen molar-refractivity contribution >= 4 is 11.6 Å². The van der Waals surface area contributed by atoms with Gasteiger partial charge in [-0.25, -0.2) is 0 Å². The maximum Gasteiger partial charge on any atom is 0.241 e. The summed E-state index contributed by atoms with van der Waals surface area (Å²) in [5.74, 6) is -0.860. The van der Waals surface area contributed by atoms with Crippen LogP contribution < -0.4 is 5.32 Å². The van der Waals surface area contributed by atoms with Crippen LogP contribution >= 0.6 is 0 Å². The van der Waals surface area contributed by atoms with E-state index >= 15 is 0 Å². The Bertz CT molecular complexity index is 402. The van der Waals surface area contributed by atoms with E-state index in [1.165, 1.54) is 0 Å². The Labute approximate surface area is 88.7 Å². The lowest BCUT2D eigenvalue weighted by Crippen LogP contribution is -2.21. The van der Waals surface area contributed by atoms with E-state index < -0.39 is 5.92 Å². The van der Waals surface area contributed by atoms with Crippen molar-refractivity contribution in [2.45, 2.75) is 20.3 Å². The summed E-state index contributed by atoms with van der Waals surface area (Å²) >= 11 is 0. The van der Waals surface area contributed by atoms with Gasteiger partial charge >= 0.3 is 0 Å². The van der Waals surface area contributed by atoms with Crippen molar-refractivity contribution in [1.29, 1.82) is 5.26 Å². The molecule has 5 nitrogen and oxygen atoms in total. The first-order chi connectivity index (χ1) is 7.08. The Balaban J connectivity index is 2.75. The summed E-state index contributed by atoms with van der Waals surface area (Å²) in [6, 6.07) is 1.96. The number of amides is 1. The minimum absolute atomic E-state index is 0.267. The summed E-state index contributed by atoms with van der Waals surface area (Å²) in [6.07, 6.45) is 2.24. The molecule has 80 valence electrons. The predicted octanol–water partition coefficient (Wildman–Crippen LogP) is 1.22. The minimum Gasteiger partial charge on any atom is -0.322 e. The molecule has 1 unspecified atom stereocenters. The topological polar surface area (TPSA) is 70.7 Å². The summed E-state index contributed by atoms with van der Waals surface area (Å²) in [5, 5.41) is 15.5. The lowest BCUT2D eigenvalue weighted by Gasteiger charge is -2.06. The highest BCUT2D eigenvalue weighted by Gasteiger charge is 2.16. The van der Waals surface area contributed by atoms with Gasteiger partial charge in [0.2, 0.25) is 5.91 Å². The van der Waals surface area contributed by atoms with E-state index in [4.69, 9.17) is 5.26 Å². The van der Waals surface area contributed by atoms with E-state index in [-0.39, 0.29) is 5.91 Å². The van der Waals surface area contributed by atoms with Crippen molar-refractivity contribution in [3.8, 4) is 6.07 Å². The summed E-state index contributed by atoms with van der Waals surface area (Å²) in [7, 11) is 1.78. The summed E-state index contributed by atoms with van der Waals surface area (Å²) < 4.78 is 1.62. The first-order valence-electron chi connectivity index (χ1n) is 4.79. The smallest absolute Gasteiger partial charge is 0.241 e. The lowest BCUT2D eigenvalue weighted by molar-refractivity contribution is -0.118. The van der Waals surface area contributed by atoms with E-state index in [1.54, 1.807) is 17.9 Å². The zero-order valence-electron chi connectivity index (χ0n) is 9.11. The van der Waals surface area contributed by atoms with E-state index in [1.807, 2.05) is 19.9 Å². The Kier molecular flexibility index (Phi) is 3.45. The average molecular weight is 206 g/mol. The third-order valence-corrected chi connectivity index (χ3v) is 2.15. The van der Waals surface area contributed by atoms with Gasteiger partial charge < -0.3 is 5.32 Å². The molecule has 1 amide bonds. The molecule has 1 aromatic heterocycles. The van der Waals surface area contributed by atoms with Crippen LogP contribution in [-0.4, -0.2) is 15.7 Å². The van der Waals surface area contributed by atoms with E-state index in [0.29, 0.717) is 12.1 Å². The summed E-state index contributed by atoms with van der Waals surface area (Å²) in [5.41, 5.74) is 1.41. The van der Waals surface area contributed by atoms with Gasteiger partial charge in [-0.2, -0.15) is 10.4 Å². The van der Waals surface area contributed by atoms with Crippen LogP contribution in [-0.2, 0) is 11.8 Å². The van der Waals surface area contributed by atoms with Crippen molar-refractivity contribution in [3.63, 3.8) is 0 Å². The molecule has 0 aliphatic rings. The van der Waals surface area contributed by atoms with Crippen molar-refractivity contribution in [3.05, 3.63) is 11.9 Å². The Morgan fingerprint density at radius 3 is 2.87 bits per heavy atom. The number of nitrogens with zero attached hydrogens (tertiary/aromatic N) is 3. The number of hydrogen-bond acceptors (Lipinski definition) is 3. The zero-order valence-corrected chi connectivity index (χ0v) is 9.11. The molecule has 0 bridgehead atoms. The van der Waals surface area contributed by atoms with E-state index in [2.05, 4.69) is 10.4 Å². The first kappa shape index (κ1) is 11.2. The van der Waals surface area contributed by atoms with Crippen LogP contribution in [0.1, 0.15) is 19.0 Å². The van der Waals surface area contributed by atoms with Crippen LogP contribution in [0.15, 0.2) is 6.20 Å². The maximum atomic E-state index is 11.6. The highest BCUT2D eigenvalue weighted by Crippen LogP contribution is 2.13. The van der Waals surface area contributed by atoms with Gasteiger partial charge in [0.15, 0.2) is 0 Å². The molecule has 5 heteroatoms. The Hall–Kier alpha value is -1.83. The molecule has 0 saturated heterocycles. The third-order valence-electron chi connectivity index (χ3n) is 2.15. The van der Waals surface area contributed by atoms with E-state index in [0.717, 1.165) is 5.69 Å². The predicted molar refractivity (Wildman–Crippen MR) is 56.0 cm³/mol. The average Bonchev–Trinajstić information content (AvgIpc) is 2.47. The minimum atomic E-state index is -0.593. The number of aryl methyl sites for hydroxylation is 2. The second kappa shape index (κ2) is 4.60. The van der Waals surface area contributed by atoms with Crippen LogP contribution in [0.25, 0.3) is 0 Å². The molecular weight excluding hydrogens is 192 g/mol. The highest BCUT2D eigenvalue weighted by atomic mass is 16.1. The highest BCUT2D eigenvalue weighted by molar-refractivity contribution is 5.94. The zero-order chi connectivity index (χ0) is 11.4. The van der Waals surface area contributed by atoms with Gasteiger partial charge in [-0.3, -0.25) is 9.48 Å². The number of carbonyl (C=O) groups excluding carboxylic acids is 1. The van der Waals surface area contributed by atoms with Gasteiger partial charge in [-0.1, -0.05) is 6.92 Å². The molecule has 15 heavy (non-hydrogen) atoms. The van der Waals surface area contributed by atoms with Gasteiger partial charge in [0.05, 0.1) is 17.5 Å². The fourth-order valence-corrected chi connectivity index (χ4v) is 1.28. The molecule has 1 heterocycles. The number of aromatic nitrogens is 2. The van der Waals surface area contributed by atoms with Crippen LogP contribution in [0.4, 0.5) is 5.69 Å². The van der Waals surface area contributed by atoms with Crippen molar-refractivity contribution in [2.75, 3.05) is 5.32 Å². The van der Waals surface area contributed by atoms with Gasteiger partial charge in [0.1, 0.15) is 5.92 Å². The Morgan fingerprint density at radius 2 is 2.47 bits per heavy atom.